The molecule has 0 aliphatic heterocycles. The number of rotatable bonds is 4. The van der Waals surface area contributed by atoms with Crippen molar-refractivity contribution in [3.05, 3.63) is 29.8 Å². The van der Waals surface area contributed by atoms with Crippen molar-refractivity contribution in [2.75, 3.05) is 5.75 Å². The van der Waals surface area contributed by atoms with Crippen molar-refractivity contribution in [2.24, 2.45) is 5.73 Å². The first-order chi connectivity index (χ1) is 6.22. The predicted octanol–water partition coefficient (Wildman–Crippen LogP) is 1.08. The summed E-state index contributed by atoms with van der Waals surface area (Å²) in [6.45, 7) is 0. The molecule has 1 rings (SSSR count). The van der Waals surface area contributed by atoms with Crippen molar-refractivity contribution in [3.63, 3.8) is 0 Å². The molecule has 0 fully saturated rings. The monoisotopic (exact) mass is 195 g/mol. The van der Waals surface area contributed by atoms with E-state index in [0.29, 0.717) is 5.56 Å². The molecule has 0 saturated heterocycles. The van der Waals surface area contributed by atoms with Crippen molar-refractivity contribution in [3.8, 4) is 0 Å². The average molecular weight is 195 g/mol. The van der Waals surface area contributed by atoms with Crippen molar-refractivity contribution < 1.29 is 9.59 Å². The Bertz CT molecular complexity index is 308. The van der Waals surface area contributed by atoms with E-state index < -0.39 is 0 Å². The zero-order valence-electron chi connectivity index (χ0n) is 6.90. The first-order valence-corrected chi connectivity index (χ1v) is 4.67. The summed E-state index contributed by atoms with van der Waals surface area (Å²) in [5.74, 6) is -0.0788. The van der Waals surface area contributed by atoms with E-state index in [1.54, 1.807) is 24.3 Å². The molecule has 0 aromatic heterocycles. The average Bonchev–Trinajstić information content (AvgIpc) is 2.15. The lowest BCUT2D eigenvalue weighted by molar-refractivity contribution is -0.115. The van der Waals surface area contributed by atoms with Crippen molar-refractivity contribution in [2.45, 2.75) is 4.90 Å². The molecule has 68 valence electrons. The fourth-order valence-electron chi connectivity index (χ4n) is 0.797. The maximum absolute atomic E-state index is 10.4. The molecule has 1 aromatic rings. The quantitative estimate of drug-likeness (QED) is 0.577. The molecule has 1 aromatic carbocycles. The number of thioether (sulfide) groups is 1. The minimum absolute atomic E-state index is 0.264. The van der Waals surface area contributed by atoms with Gasteiger partial charge in [-0.3, -0.25) is 9.59 Å². The van der Waals surface area contributed by atoms with E-state index in [4.69, 9.17) is 5.73 Å². The molecule has 3 nitrogen and oxygen atoms in total. The van der Waals surface area contributed by atoms with Gasteiger partial charge in [-0.25, -0.2) is 0 Å². The number of amides is 1. The van der Waals surface area contributed by atoms with Crippen molar-refractivity contribution >= 4 is 24.0 Å². The fraction of sp³-hybridized carbons (Fsp3) is 0.111. The van der Waals surface area contributed by atoms with Gasteiger partial charge in [-0.2, -0.15) is 0 Å². The van der Waals surface area contributed by atoms with Crippen LogP contribution >= 0.6 is 11.8 Å². The highest BCUT2D eigenvalue weighted by Gasteiger charge is 1.97. The molecule has 0 bridgehead atoms. The van der Waals surface area contributed by atoms with Gasteiger partial charge >= 0.3 is 0 Å². The van der Waals surface area contributed by atoms with Gasteiger partial charge in [0.25, 0.3) is 0 Å². The van der Waals surface area contributed by atoms with E-state index in [1.165, 1.54) is 11.8 Å². The summed E-state index contributed by atoms with van der Waals surface area (Å²) in [5, 5.41) is 0. The van der Waals surface area contributed by atoms with Gasteiger partial charge in [0, 0.05) is 10.5 Å². The van der Waals surface area contributed by atoms with Gasteiger partial charge in [-0.05, 0) is 12.1 Å². The standard InChI is InChI=1S/C9H9NO2S/c10-9(12)6-13-8-3-1-7(5-11)2-4-8/h1-5H,6H2,(H2,10,12). The van der Waals surface area contributed by atoms with Gasteiger partial charge in [-0.1, -0.05) is 12.1 Å². The Labute approximate surface area is 80.3 Å². The molecule has 0 spiro atoms. The lowest BCUT2D eigenvalue weighted by atomic mass is 10.2. The molecule has 0 aliphatic rings. The van der Waals surface area contributed by atoms with E-state index in [-0.39, 0.29) is 11.7 Å². The van der Waals surface area contributed by atoms with Crippen molar-refractivity contribution in [1.82, 2.24) is 0 Å². The summed E-state index contributed by atoms with van der Waals surface area (Å²) in [5.41, 5.74) is 5.61. The summed E-state index contributed by atoms with van der Waals surface area (Å²) >= 11 is 1.36. The van der Waals surface area contributed by atoms with Crippen LogP contribution in [0, 0.1) is 0 Å². The van der Waals surface area contributed by atoms with Gasteiger partial charge in [0.1, 0.15) is 6.29 Å². The number of hydrogen-bond donors (Lipinski definition) is 1. The van der Waals surface area contributed by atoms with Crippen LogP contribution in [0.4, 0.5) is 0 Å². The number of carbonyl (C=O) groups is 2. The maximum Gasteiger partial charge on any atom is 0.227 e. The Morgan fingerprint density at radius 3 is 2.46 bits per heavy atom. The van der Waals surface area contributed by atoms with Gasteiger partial charge in [0.2, 0.25) is 5.91 Å². The van der Waals surface area contributed by atoms with E-state index in [1.807, 2.05) is 0 Å². The fourth-order valence-corrected chi connectivity index (χ4v) is 1.43. The molecule has 0 saturated carbocycles. The first kappa shape index (κ1) is 9.80. The molecular formula is C9H9NO2S. The molecule has 0 radical (unpaired) electrons. The Balaban J connectivity index is 2.59. The van der Waals surface area contributed by atoms with Crippen LogP contribution in [0.25, 0.3) is 0 Å². The topological polar surface area (TPSA) is 60.2 Å². The Morgan fingerprint density at radius 1 is 1.38 bits per heavy atom. The molecule has 0 heterocycles. The van der Waals surface area contributed by atoms with Crippen molar-refractivity contribution in [1.29, 1.82) is 0 Å². The number of aldehydes is 1. The predicted molar refractivity (Wildman–Crippen MR) is 51.7 cm³/mol. The Kier molecular flexibility index (Phi) is 3.52. The smallest absolute Gasteiger partial charge is 0.227 e. The second kappa shape index (κ2) is 4.67. The summed E-state index contributed by atoms with van der Waals surface area (Å²) in [7, 11) is 0. The number of benzene rings is 1. The summed E-state index contributed by atoms with van der Waals surface area (Å²) < 4.78 is 0. The minimum atomic E-state index is -0.343. The lowest BCUT2D eigenvalue weighted by Gasteiger charge is -1.98. The molecular weight excluding hydrogens is 186 g/mol. The van der Waals surface area contributed by atoms with E-state index >= 15 is 0 Å². The number of nitrogens with two attached hydrogens (primary N) is 1. The highest BCUT2D eigenvalue weighted by Crippen LogP contribution is 2.17. The zero-order valence-corrected chi connectivity index (χ0v) is 7.71. The Morgan fingerprint density at radius 2 is 2.00 bits per heavy atom. The summed E-state index contributed by atoms with van der Waals surface area (Å²) in [4.78, 5) is 21.7. The van der Waals surface area contributed by atoms with Crippen LogP contribution in [-0.2, 0) is 4.79 Å². The number of carbonyl (C=O) groups excluding carboxylic acids is 2. The highest BCUT2D eigenvalue weighted by atomic mass is 32.2. The lowest BCUT2D eigenvalue weighted by Crippen LogP contribution is -2.12. The molecule has 13 heavy (non-hydrogen) atoms. The zero-order chi connectivity index (χ0) is 9.68. The normalized spacial score (nSPS) is 9.54. The highest BCUT2D eigenvalue weighted by molar-refractivity contribution is 8.00. The largest absolute Gasteiger partial charge is 0.369 e. The molecule has 2 N–H and O–H groups in total. The van der Waals surface area contributed by atoms with Gasteiger partial charge < -0.3 is 5.73 Å². The summed E-state index contributed by atoms with van der Waals surface area (Å²) in [6, 6.07) is 6.99. The molecule has 1 amide bonds. The van der Waals surface area contributed by atoms with Crippen LogP contribution in [0.5, 0.6) is 0 Å². The van der Waals surface area contributed by atoms with Gasteiger partial charge in [0.15, 0.2) is 0 Å². The Hall–Kier alpha value is -1.29. The third-order valence-electron chi connectivity index (χ3n) is 1.40. The van der Waals surface area contributed by atoms with E-state index in [9.17, 15) is 9.59 Å². The summed E-state index contributed by atoms with van der Waals surface area (Å²) in [6.07, 6.45) is 0.780. The first-order valence-electron chi connectivity index (χ1n) is 3.68. The van der Waals surface area contributed by atoms with Crippen LogP contribution in [0.3, 0.4) is 0 Å². The van der Waals surface area contributed by atoms with Gasteiger partial charge in [0.05, 0.1) is 5.75 Å². The minimum Gasteiger partial charge on any atom is -0.369 e. The van der Waals surface area contributed by atoms with Crippen LogP contribution in [0.2, 0.25) is 0 Å². The van der Waals surface area contributed by atoms with Crippen LogP contribution in [-0.4, -0.2) is 17.9 Å². The van der Waals surface area contributed by atoms with Crippen LogP contribution < -0.4 is 5.73 Å². The third-order valence-corrected chi connectivity index (χ3v) is 2.43. The SMILES string of the molecule is NC(=O)CSc1ccc(C=O)cc1. The molecule has 0 unspecified atom stereocenters. The van der Waals surface area contributed by atoms with Gasteiger partial charge in [-0.15, -0.1) is 11.8 Å². The second-order valence-corrected chi connectivity index (χ2v) is 3.49. The molecule has 0 atom stereocenters. The van der Waals surface area contributed by atoms with Crippen LogP contribution in [0.15, 0.2) is 29.2 Å². The molecule has 4 heteroatoms. The maximum atomic E-state index is 10.4. The third kappa shape index (κ3) is 3.29. The van der Waals surface area contributed by atoms with E-state index in [0.717, 1.165) is 11.2 Å². The van der Waals surface area contributed by atoms with Crippen LogP contribution in [0.1, 0.15) is 10.4 Å². The molecule has 0 aliphatic carbocycles. The van der Waals surface area contributed by atoms with E-state index in [2.05, 4.69) is 0 Å². The number of primary amides is 1. The number of hydrogen-bond acceptors (Lipinski definition) is 3. The second-order valence-electron chi connectivity index (χ2n) is 2.44.